The fourth-order valence-corrected chi connectivity index (χ4v) is 5.37. The molecule has 0 bridgehead atoms. The van der Waals surface area contributed by atoms with Crippen LogP contribution in [-0.2, 0) is 10.0 Å². The van der Waals surface area contributed by atoms with E-state index in [0.29, 0.717) is 47.1 Å². The Morgan fingerprint density at radius 1 is 0.780 bits per heavy atom. The molecule has 0 aliphatic rings. The third-order valence-corrected chi connectivity index (χ3v) is 7.55. The number of nitrogens with one attached hydrogen (secondary N) is 3. The number of methoxy groups -OCH3 is 3. The second-order valence-corrected chi connectivity index (χ2v) is 10.4. The van der Waals surface area contributed by atoms with E-state index in [2.05, 4.69) is 15.4 Å². The summed E-state index contributed by atoms with van der Waals surface area (Å²) in [5.41, 5.74) is 1.89. The average molecular weight is 580 g/mol. The van der Waals surface area contributed by atoms with E-state index in [1.165, 1.54) is 51.7 Å². The number of anilines is 2. The van der Waals surface area contributed by atoms with Crippen LogP contribution in [-0.4, -0.2) is 48.7 Å². The van der Waals surface area contributed by atoms with Crippen molar-refractivity contribution in [3.8, 4) is 28.4 Å². The summed E-state index contributed by atoms with van der Waals surface area (Å²) in [5, 5.41) is 5.98. The average Bonchev–Trinajstić information content (AvgIpc) is 2.99. The van der Waals surface area contributed by atoms with Crippen molar-refractivity contribution in [3.05, 3.63) is 96.3 Å². The summed E-state index contributed by atoms with van der Waals surface area (Å²) in [7, 11) is 0.194. The van der Waals surface area contributed by atoms with Crippen LogP contribution in [0.4, 0.5) is 15.8 Å². The lowest BCUT2D eigenvalue weighted by Gasteiger charge is -2.15. The Bertz CT molecular complexity index is 1650. The Kier molecular flexibility index (Phi) is 9.30. The van der Waals surface area contributed by atoms with E-state index >= 15 is 0 Å². The molecule has 214 valence electrons. The van der Waals surface area contributed by atoms with Crippen LogP contribution in [0, 0.1) is 5.82 Å². The van der Waals surface area contributed by atoms with Crippen LogP contribution in [0.2, 0.25) is 0 Å². The maximum atomic E-state index is 14.6. The molecular weight excluding hydrogens is 549 g/mol. The highest BCUT2D eigenvalue weighted by atomic mass is 32.2. The van der Waals surface area contributed by atoms with Gasteiger partial charge >= 0.3 is 0 Å². The first-order chi connectivity index (χ1) is 19.7. The molecule has 1 amide bonds. The molecule has 41 heavy (non-hydrogen) atoms. The Labute approximate surface area is 238 Å². The van der Waals surface area contributed by atoms with Gasteiger partial charge in [0.1, 0.15) is 28.0 Å². The highest BCUT2D eigenvalue weighted by molar-refractivity contribution is 7.92. The van der Waals surface area contributed by atoms with Gasteiger partial charge in [-0.1, -0.05) is 24.3 Å². The van der Waals surface area contributed by atoms with Gasteiger partial charge in [0.15, 0.2) is 0 Å². The van der Waals surface area contributed by atoms with Gasteiger partial charge in [-0.15, -0.1) is 0 Å². The minimum absolute atomic E-state index is 0.102. The molecule has 0 aliphatic heterocycles. The van der Waals surface area contributed by atoms with Crippen molar-refractivity contribution in [2.45, 2.75) is 4.90 Å². The summed E-state index contributed by atoms with van der Waals surface area (Å²) in [6.45, 7) is 0.705. The van der Waals surface area contributed by atoms with Crippen molar-refractivity contribution in [2.75, 3.05) is 44.5 Å². The van der Waals surface area contributed by atoms with Gasteiger partial charge in [-0.3, -0.25) is 9.52 Å². The Morgan fingerprint density at radius 2 is 1.54 bits per heavy atom. The molecular formula is C30H30FN3O6S. The van der Waals surface area contributed by atoms with E-state index in [4.69, 9.17) is 14.2 Å². The van der Waals surface area contributed by atoms with E-state index in [-0.39, 0.29) is 22.1 Å². The second kappa shape index (κ2) is 13.1. The standard InChI is InChI=1S/C30H30FN3O6S/c1-38-23-12-13-26(31)25(19-23)20-11-14-28(40-3)29(17-20)41(36,37)34-22-8-6-7-21(18-22)32-15-16-33-30(35)24-9-4-5-10-27(24)39-2/h4-14,17-19,32,34H,15-16H2,1-3H3,(H,33,35). The number of carbonyl (C=O) groups is 1. The van der Waals surface area contributed by atoms with Crippen LogP contribution in [0.1, 0.15) is 10.4 Å². The van der Waals surface area contributed by atoms with Crippen LogP contribution in [0.15, 0.2) is 89.8 Å². The molecule has 4 aromatic rings. The highest BCUT2D eigenvalue weighted by Gasteiger charge is 2.22. The first kappa shape index (κ1) is 29.2. The van der Waals surface area contributed by atoms with E-state index in [1.807, 2.05) is 0 Å². The lowest BCUT2D eigenvalue weighted by atomic mass is 10.0. The van der Waals surface area contributed by atoms with E-state index in [9.17, 15) is 17.6 Å². The maximum Gasteiger partial charge on any atom is 0.265 e. The molecule has 0 atom stereocenters. The number of amides is 1. The van der Waals surface area contributed by atoms with Gasteiger partial charge in [0.2, 0.25) is 0 Å². The Morgan fingerprint density at radius 3 is 2.29 bits per heavy atom. The Hall–Kier alpha value is -4.77. The summed E-state index contributed by atoms with van der Waals surface area (Å²) in [6.07, 6.45) is 0. The molecule has 0 heterocycles. The van der Waals surface area contributed by atoms with E-state index in [0.717, 1.165) is 0 Å². The lowest BCUT2D eigenvalue weighted by molar-refractivity contribution is 0.0952. The number of benzene rings is 4. The third-order valence-electron chi connectivity index (χ3n) is 6.14. The summed E-state index contributed by atoms with van der Waals surface area (Å²) < 4.78 is 59.7. The van der Waals surface area contributed by atoms with Crippen molar-refractivity contribution < 1.29 is 31.8 Å². The number of sulfonamides is 1. The quantitative estimate of drug-likeness (QED) is 0.199. The normalized spacial score (nSPS) is 10.9. The van der Waals surface area contributed by atoms with Crippen LogP contribution in [0.25, 0.3) is 11.1 Å². The number of para-hydroxylation sites is 1. The molecule has 4 aromatic carbocycles. The van der Waals surface area contributed by atoms with Gasteiger partial charge in [0.25, 0.3) is 15.9 Å². The number of halogens is 1. The fraction of sp³-hybridized carbons (Fsp3) is 0.167. The molecule has 0 spiro atoms. The van der Waals surface area contributed by atoms with Gasteiger partial charge in [-0.05, 0) is 66.2 Å². The molecule has 0 saturated carbocycles. The highest BCUT2D eigenvalue weighted by Crippen LogP contribution is 2.34. The molecule has 0 fully saturated rings. The zero-order chi connectivity index (χ0) is 29.4. The first-order valence-electron chi connectivity index (χ1n) is 12.6. The molecule has 0 aliphatic carbocycles. The van der Waals surface area contributed by atoms with Crippen molar-refractivity contribution in [3.63, 3.8) is 0 Å². The number of hydrogen-bond donors (Lipinski definition) is 3. The van der Waals surface area contributed by atoms with Crippen LogP contribution in [0.3, 0.4) is 0 Å². The molecule has 3 N–H and O–H groups in total. The summed E-state index contributed by atoms with van der Waals surface area (Å²) in [5.74, 6) is 0.225. The predicted octanol–water partition coefficient (Wildman–Crippen LogP) is 5.16. The topological polar surface area (TPSA) is 115 Å². The number of ether oxygens (including phenoxy) is 3. The van der Waals surface area contributed by atoms with Gasteiger partial charge in [-0.2, -0.15) is 0 Å². The zero-order valence-corrected chi connectivity index (χ0v) is 23.5. The SMILES string of the molecule is COc1ccc(F)c(-c2ccc(OC)c(S(=O)(=O)Nc3cccc(NCCNC(=O)c4ccccc4OC)c3)c2)c1. The predicted molar refractivity (Wildman–Crippen MR) is 156 cm³/mol. The molecule has 0 saturated heterocycles. The minimum atomic E-state index is -4.13. The number of rotatable bonds is 12. The van der Waals surface area contributed by atoms with Gasteiger partial charge < -0.3 is 24.8 Å². The molecule has 0 aromatic heterocycles. The smallest absolute Gasteiger partial charge is 0.265 e. The van der Waals surface area contributed by atoms with Gasteiger partial charge in [0, 0.05) is 24.3 Å². The molecule has 11 heteroatoms. The third kappa shape index (κ3) is 7.06. The summed E-state index contributed by atoms with van der Waals surface area (Å²) >= 11 is 0. The second-order valence-electron chi connectivity index (χ2n) is 8.78. The maximum absolute atomic E-state index is 14.6. The van der Waals surface area contributed by atoms with E-state index < -0.39 is 15.8 Å². The van der Waals surface area contributed by atoms with Crippen LogP contribution < -0.4 is 29.6 Å². The zero-order valence-electron chi connectivity index (χ0n) is 22.7. The molecule has 9 nitrogen and oxygen atoms in total. The van der Waals surface area contributed by atoms with E-state index in [1.54, 1.807) is 54.6 Å². The minimum Gasteiger partial charge on any atom is -0.497 e. The monoisotopic (exact) mass is 579 g/mol. The first-order valence-corrected chi connectivity index (χ1v) is 14.0. The fourth-order valence-electron chi connectivity index (χ4n) is 4.12. The van der Waals surface area contributed by atoms with Crippen molar-refractivity contribution in [2.24, 2.45) is 0 Å². The number of hydrogen-bond acceptors (Lipinski definition) is 7. The van der Waals surface area contributed by atoms with Crippen LogP contribution >= 0.6 is 0 Å². The molecule has 4 rings (SSSR count). The number of carbonyl (C=O) groups excluding carboxylic acids is 1. The van der Waals surface area contributed by atoms with Crippen LogP contribution in [0.5, 0.6) is 17.2 Å². The molecule has 0 unspecified atom stereocenters. The van der Waals surface area contributed by atoms with Gasteiger partial charge in [-0.25, -0.2) is 12.8 Å². The van der Waals surface area contributed by atoms with Crippen molar-refractivity contribution >= 4 is 27.3 Å². The van der Waals surface area contributed by atoms with Gasteiger partial charge in [0.05, 0.1) is 32.6 Å². The Balaban J connectivity index is 1.46. The largest absolute Gasteiger partial charge is 0.497 e. The molecule has 0 radical (unpaired) electrons. The van der Waals surface area contributed by atoms with Crippen molar-refractivity contribution in [1.29, 1.82) is 0 Å². The van der Waals surface area contributed by atoms with Crippen molar-refractivity contribution in [1.82, 2.24) is 5.32 Å². The summed E-state index contributed by atoms with van der Waals surface area (Å²) in [6, 6.07) is 22.2. The summed E-state index contributed by atoms with van der Waals surface area (Å²) in [4.78, 5) is 12.3. The lowest BCUT2D eigenvalue weighted by Crippen LogP contribution is -2.29.